The highest BCUT2D eigenvalue weighted by atomic mass is 32.1. The molecular weight excluding hydrogens is 286 g/mol. The van der Waals surface area contributed by atoms with E-state index in [-0.39, 0.29) is 12.0 Å². The number of nitrogens with zero attached hydrogens (tertiary/aromatic N) is 2. The Balaban J connectivity index is 1.41. The Morgan fingerprint density at radius 1 is 1.38 bits per heavy atom. The van der Waals surface area contributed by atoms with Gasteiger partial charge in [-0.05, 0) is 11.4 Å². The molecule has 2 aliphatic rings. The van der Waals surface area contributed by atoms with Gasteiger partial charge in [0, 0.05) is 50.7 Å². The number of hydrogen-bond acceptors (Lipinski definition) is 5. The second kappa shape index (κ2) is 7.35. The fourth-order valence-corrected chi connectivity index (χ4v) is 3.60. The van der Waals surface area contributed by atoms with Gasteiger partial charge < -0.3 is 15.0 Å². The molecule has 116 valence electrons. The van der Waals surface area contributed by atoms with Gasteiger partial charge in [-0.2, -0.15) is 0 Å². The maximum atomic E-state index is 12.3. The number of carbonyl (C=O) groups is 1. The molecule has 3 rings (SSSR count). The van der Waals surface area contributed by atoms with E-state index in [1.165, 1.54) is 4.88 Å². The van der Waals surface area contributed by atoms with Gasteiger partial charge in [0.25, 0.3) is 0 Å². The average molecular weight is 309 g/mol. The van der Waals surface area contributed by atoms with Crippen LogP contribution < -0.4 is 5.32 Å². The molecule has 0 aromatic carbocycles. The summed E-state index contributed by atoms with van der Waals surface area (Å²) in [5.74, 6) is 0.236. The number of nitrogens with one attached hydrogen (secondary N) is 1. The summed E-state index contributed by atoms with van der Waals surface area (Å²) >= 11 is 1.80. The van der Waals surface area contributed by atoms with Crippen LogP contribution in [0, 0.1) is 0 Å². The third kappa shape index (κ3) is 4.26. The molecule has 1 aromatic rings. The van der Waals surface area contributed by atoms with Crippen molar-refractivity contribution in [3.8, 4) is 0 Å². The smallest absolute Gasteiger partial charge is 0.225 e. The quantitative estimate of drug-likeness (QED) is 0.892. The summed E-state index contributed by atoms with van der Waals surface area (Å²) in [4.78, 5) is 18.1. The Morgan fingerprint density at radius 3 is 2.90 bits per heavy atom. The Labute approximate surface area is 129 Å². The SMILES string of the molecule is O=C(CC1CNCCO1)N1CCN(Cc2cccs2)CC1. The van der Waals surface area contributed by atoms with Gasteiger partial charge in [0.05, 0.1) is 19.1 Å². The van der Waals surface area contributed by atoms with Crippen molar-refractivity contribution in [3.63, 3.8) is 0 Å². The molecule has 1 N–H and O–H groups in total. The van der Waals surface area contributed by atoms with Crippen LogP contribution in [-0.4, -0.2) is 67.7 Å². The number of piperazine rings is 1. The summed E-state index contributed by atoms with van der Waals surface area (Å²) in [6.07, 6.45) is 0.563. The van der Waals surface area contributed by atoms with Gasteiger partial charge in [-0.25, -0.2) is 0 Å². The second-order valence-corrected chi connectivity index (χ2v) is 6.67. The number of morpholine rings is 1. The van der Waals surface area contributed by atoms with Crippen LogP contribution in [0.15, 0.2) is 17.5 Å². The van der Waals surface area contributed by atoms with Crippen molar-refractivity contribution in [3.05, 3.63) is 22.4 Å². The van der Waals surface area contributed by atoms with E-state index in [2.05, 4.69) is 27.7 Å². The highest BCUT2D eigenvalue weighted by Crippen LogP contribution is 2.14. The van der Waals surface area contributed by atoms with E-state index in [0.717, 1.165) is 45.8 Å². The zero-order valence-corrected chi connectivity index (χ0v) is 13.1. The molecule has 3 heterocycles. The van der Waals surface area contributed by atoms with E-state index in [1.54, 1.807) is 11.3 Å². The van der Waals surface area contributed by atoms with Crippen molar-refractivity contribution >= 4 is 17.2 Å². The zero-order valence-electron chi connectivity index (χ0n) is 12.3. The minimum absolute atomic E-state index is 0.0513. The number of ether oxygens (including phenoxy) is 1. The molecule has 0 bridgehead atoms. The van der Waals surface area contributed by atoms with Crippen LogP contribution in [0.3, 0.4) is 0 Å². The van der Waals surface area contributed by atoms with Crippen LogP contribution in [0.4, 0.5) is 0 Å². The van der Waals surface area contributed by atoms with Gasteiger partial charge in [0.1, 0.15) is 0 Å². The first kappa shape index (κ1) is 15.0. The summed E-state index contributed by atoms with van der Waals surface area (Å²) < 4.78 is 5.61. The maximum absolute atomic E-state index is 12.3. The van der Waals surface area contributed by atoms with Crippen LogP contribution in [0.5, 0.6) is 0 Å². The molecule has 1 aromatic heterocycles. The van der Waals surface area contributed by atoms with E-state index in [0.29, 0.717) is 13.0 Å². The first-order valence-corrected chi connectivity index (χ1v) is 8.54. The van der Waals surface area contributed by atoms with Crippen LogP contribution in [0.25, 0.3) is 0 Å². The molecule has 21 heavy (non-hydrogen) atoms. The number of thiophene rings is 1. The molecule has 0 spiro atoms. The normalized spacial score (nSPS) is 24.2. The van der Waals surface area contributed by atoms with Crippen LogP contribution in [0.1, 0.15) is 11.3 Å². The van der Waals surface area contributed by atoms with Crippen molar-refractivity contribution in [2.24, 2.45) is 0 Å². The molecule has 2 aliphatic heterocycles. The van der Waals surface area contributed by atoms with Crippen molar-refractivity contribution in [2.75, 3.05) is 45.9 Å². The largest absolute Gasteiger partial charge is 0.375 e. The molecule has 1 unspecified atom stereocenters. The summed E-state index contributed by atoms with van der Waals surface area (Å²) in [5, 5.41) is 5.39. The lowest BCUT2D eigenvalue weighted by Crippen LogP contribution is -2.50. The Hall–Kier alpha value is -0.950. The van der Waals surface area contributed by atoms with Crippen molar-refractivity contribution in [2.45, 2.75) is 19.1 Å². The molecule has 6 heteroatoms. The van der Waals surface area contributed by atoms with Gasteiger partial charge >= 0.3 is 0 Å². The van der Waals surface area contributed by atoms with Crippen molar-refractivity contribution in [1.29, 1.82) is 0 Å². The Bertz CT molecular complexity index is 438. The molecular formula is C15H23N3O2S. The Morgan fingerprint density at radius 2 is 2.24 bits per heavy atom. The first-order chi connectivity index (χ1) is 10.3. The van der Waals surface area contributed by atoms with Gasteiger partial charge in [-0.3, -0.25) is 9.69 Å². The third-order valence-electron chi connectivity index (χ3n) is 4.09. The van der Waals surface area contributed by atoms with Gasteiger partial charge in [0.15, 0.2) is 0 Å². The molecule has 0 radical (unpaired) electrons. The lowest BCUT2D eigenvalue weighted by atomic mass is 10.2. The summed E-state index contributed by atoms with van der Waals surface area (Å²) in [6.45, 7) is 7.02. The fraction of sp³-hybridized carbons (Fsp3) is 0.667. The van der Waals surface area contributed by atoms with Crippen LogP contribution in [0.2, 0.25) is 0 Å². The molecule has 2 fully saturated rings. The summed E-state index contributed by atoms with van der Waals surface area (Å²) in [6, 6.07) is 4.27. The second-order valence-electron chi connectivity index (χ2n) is 5.64. The number of hydrogen-bond donors (Lipinski definition) is 1. The maximum Gasteiger partial charge on any atom is 0.225 e. The minimum Gasteiger partial charge on any atom is -0.375 e. The molecule has 2 saturated heterocycles. The molecule has 0 saturated carbocycles. The first-order valence-electron chi connectivity index (χ1n) is 7.66. The number of carbonyl (C=O) groups excluding carboxylic acids is 1. The molecule has 5 nitrogen and oxygen atoms in total. The zero-order chi connectivity index (χ0) is 14.5. The van der Waals surface area contributed by atoms with Gasteiger partial charge in [-0.1, -0.05) is 6.07 Å². The predicted octanol–water partition coefficient (Wildman–Crippen LogP) is 0.771. The summed E-state index contributed by atoms with van der Waals surface area (Å²) in [5.41, 5.74) is 0. The fourth-order valence-electron chi connectivity index (χ4n) is 2.85. The average Bonchev–Trinajstić information content (AvgIpc) is 3.02. The van der Waals surface area contributed by atoms with Crippen LogP contribution >= 0.6 is 11.3 Å². The van der Waals surface area contributed by atoms with E-state index in [4.69, 9.17) is 4.74 Å². The monoisotopic (exact) mass is 309 g/mol. The molecule has 0 aliphatic carbocycles. The van der Waals surface area contributed by atoms with Crippen molar-refractivity contribution < 1.29 is 9.53 Å². The summed E-state index contributed by atoms with van der Waals surface area (Å²) in [7, 11) is 0. The third-order valence-corrected chi connectivity index (χ3v) is 4.95. The predicted molar refractivity (Wildman–Crippen MR) is 83.4 cm³/mol. The van der Waals surface area contributed by atoms with E-state index in [9.17, 15) is 4.79 Å². The highest BCUT2D eigenvalue weighted by Gasteiger charge is 2.24. The lowest BCUT2D eigenvalue weighted by Gasteiger charge is -2.35. The highest BCUT2D eigenvalue weighted by molar-refractivity contribution is 7.09. The van der Waals surface area contributed by atoms with Crippen LogP contribution in [-0.2, 0) is 16.1 Å². The van der Waals surface area contributed by atoms with E-state index in [1.807, 2.05) is 4.90 Å². The van der Waals surface area contributed by atoms with Gasteiger partial charge in [-0.15, -0.1) is 11.3 Å². The topological polar surface area (TPSA) is 44.8 Å². The minimum atomic E-state index is 0.0513. The van der Waals surface area contributed by atoms with E-state index >= 15 is 0 Å². The number of amides is 1. The van der Waals surface area contributed by atoms with Gasteiger partial charge in [0.2, 0.25) is 5.91 Å². The standard InChI is InChI=1S/C15H23N3O2S/c19-15(10-13-11-16-3-8-20-13)18-6-4-17(5-7-18)12-14-2-1-9-21-14/h1-2,9,13,16H,3-8,10-12H2. The van der Waals surface area contributed by atoms with E-state index < -0.39 is 0 Å². The van der Waals surface area contributed by atoms with Crippen molar-refractivity contribution in [1.82, 2.24) is 15.1 Å². The lowest BCUT2D eigenvalue weighted by molar-refractivity contribution is -0.136. The molecule has 1 atom stereocenters. The Kier molecular flexibility index (Phi) is 5.24. The molecule has 1 amide bonds. The number of rotatable bonds is 4.